The molecular weight excluding hydrogens is 378 g/mol. The highest BCUT2D eigenvalue weighted by atomic mass is 16.5. The number of carbonyl (C=O) groups excluding carboxylic acids is 1. The molecule has 30 heavy (non-hydrogen) atoms. The highest BCUT2D eigenvalue weighted by molar-refractivity contribution is 6.06. The Kier molecular flexibility index (Phi) is 5.86. The molecule has 3 heterocycles. The third-order valence-corrected chi connectivity index (χ3v) is 5.39. The summed E-state index contributed by atoms with van der Waals surface area (Å²) in [5.41, 5.74) is 4.14. The lowest BCUT2D eigenvalue weighted by Crippen LogP contribution is -2.18. The van der Waals surface area contributed by atoms with Crippen molar-refractivity contribution in [2.24, 2.45) is 0 Å². The number of amides is 1. The summed E-state index contributed by atoms with van der Waals surface area (Å²) in [7, 11) is 0. The van der Waals surface area contributed by atoms with Crippen LogP contribution in [0.4, 0.5) is 5.69 Å². The van der Waals surface area contributed by atoms with Crippen molar-refractivity contribution in [3.8, 4) is 11.6 Å². The smallest absolute Gasteiger partial charge is 0.257 e. The van der Waals surface area contributed by atoms with Gasteiger partial charge in [-0.05, 0) is 69.5 Å². The van der Waals surface area contributed by atoms with Gasteiger partial charge in [0.25, 0.3) is 5.91 Å². The van der Waals surface area contributed by atoms with Gasteiger partial charge in [0.05, 0.1) is 17.4 Å². The van der Waals surface area contributed by atoms with Gasteiger partial charge in [-0.2, -0.15) is 0 Å². The van der Waals surface area contributed by atoms with Gasteiger partial charge in [-0.15, -0.1) is 0 Å². The number of aryl methyl sites for hydroxylation is 2. The van der Waals surface area contributed by atoms with Gasteiger partial charge in [-0.1, -0.05) is 12.1 Å². The van der Waals surface area contributed by atoms with E-state index in [-0.39, 0.29) is 12.0 Å². The monoisotopic (exact) mass is 405 g/mol. The predicted octanol–water partition coefficient (Wildman–Crippen LogP) is 4.61. The van der Waals surface area contributed by atoms with E-state index in [0.717, 1.165) is 42.2 Å². The molecule has 1 fully saturated rings. The van der Waals surface area contributed by atoms with Crippen molar-refractivity contribution in [2.45, 2.75) is 39.7 Å². The van der Waals surface area contributed by atoms with Crippen LogP contribution >= 0.6 is 0 Å². The Morgan fingerprint density at radius 2 is 2.10 bits per heavy atom. The fraction of sp³-hybridized carbons (Fsp3) is 0.333. The maximum Gasteiger partial charge on any atom is 0.257 e. The summed E-state index contributed by atoms with van der Waals surface area (Å²) in [6.45, 7) is 7.18. The van der Waals surface area contributed by atoms with Gasteiger partial charge in [0.2, 0.25) is 0 Å². The first-order valence-corrected chi connectivity index (χ1v) is 10.3. The number of carbonyl (C=O) groups is 1. The predicted molar refractivity (Wildman–Crippen MR) is 117 cm³/mol. The molecule has 0 bridgehead atoms. The number of pyridine rings is 1. The van der Waals surface area contributed by atoms with Crippen LogP contribution in [0.15, 0.2) is 48.7 Å². The largest absolute Gasteiger partial charge is 0.489 e. The average molecular weight is 405 g/mol. The molecule has 1 aromatic carbocycles. The molecule has 1 aliphatic heterocycles. The molecule has 1 atom stereocenters. The van der Waals surface area contributed by atoms with E-state index in [1.54, 1.807) is 6.20 Å². The summed E-state index contributed by atoms with van der Waals surface area (Å²) in [6, 6.07) is 13.4. The number of nitrogens with zero attached hydrogens (tertiary/aromatic N) is 2. The number of ether oxygens (including phenoxy) is 2. The number of rotatable bonds is 6. The van der Waals surface area contributed by atoms with Crippen molar-refractivity contribution in [1.82, 2.24) is 9.55 Å². The lowest BCUT2D eigenvalue weighted by atomic mass is 10.2. The maximum atomic E-state index is 13.1. The van der Waals surface area contributed by atoms with Crippen LogP contribution in [0.2, 0.25) is 0 Å². The van der Waals surface area contributed by atoms with Gasteiger partial charge >= 0.3 is 0 Å². The molecule has 6 nitrogen and oxygen atoms in total. The molecule has 1 aliphatic rings. The van der Waals surface area contributed by atoms with Crippen molar-refractivity contribution in [1.29, 1.82) is 0 Å². The van der Waals surface area contributed by atoms with Gasteiger partial charge in [-0.3, -0.25) is 4.79 Å². The molecular formula is C24H27N3O3. The number of nitrogens with one attached hydrogen (secondary N) is 1. The highest BCUT2D eigenvalue weighted by Gasteiger charge is 2.20. The van der Waals surface area contributed by atoms with Crippen LogP contribution in [0.5, 0.6) is 5.75 Å². The highest BCUT2D eigenvalue weighted by Crippen LogP contribution is 2.28. The SMILES string of the molecule is Cc1ccc(NC(=O)c2cc(C)n(-c3ccccn3)c2C)c(OCC2CCCO2)c1. The molecule has 0 spiro atoms. The molecule has 0 saturated carbocycles. The molecule has 1 saturated heterocycles. The van der Waals surface area contributed by atoms with E-state index in [9.17, 15) is 4.79 Å². The lowest BCUT2D eigenvalue weighted by Gasteiger charge is -2.16. The summed E-state index contributed by atoms with van der Waals surface area (Å²) in [5.74, 6) is 1.29. The van der Waals surface area contributed by atoms with Gasteiger partial charge in [0, 0.05) is 24.2 Å². The molecule has 0 radical (unpaired) electrons. The van der Waals surface area contributed by atoms with Crippen LogP contribution in [-0.4, -0.2) is 34.8 Å². The number of anilines is 1. The van der Waals surface area contributed by atoms with Crippen LogP contribution in [0.3, 0.4) is 0 Å². The first-order chi connectivity index (χ1) is 14.5. The second kappa shape index (κ2) is 8.71. The van der Waals surface area contributed by atoms with Crippen molar-refractivity contribution >= 4 is 11.6 Å². The molecule has 0 aliphatic carbocycles. The Balaban J connectivity index is 1.56. The van der Waals surface area contributed by atoms with Crippen LogP contribution in [0.1, 0.15) is 40.2 Å². The fourth-order valence-electron chi connectivity index (χ4n) is 3.83. The summed E-state index contributed by atoms with van der Waals surface area (Å²) in [5, 5.41) is 3.02. The molecule has 2 aromatic heterocycles. The molecule has 156 valence electrons. The van der Waals surface area contributed by atoms with Crippen LogP contribution in [0.25, 0.3) is 5.82 Å². The Bertz CT molecular complexity index is 1040. The Morgan fingerprint density at radius 3 is 2.83 bits per heavy atom. The summed E-state index contributed by atoms with van der Waals surface area (Å²) >= 11 is 0. The third kappa shape index (κ3) is 4.24. The Morgan fingerprint density at radius 1 is 1.23 bits per heavy atom. The van der Waals surface area contributed by atoms with E-state index in [4.69, 9.17) is 9.47 Å². The number of aromatic nitrogens is 2. The number of hydrogen-bond donors (Lipinski definition) is 1. The minimum atomic E-state index is -0.170. The van der Waals surface area contributed by atoms with Crippen LogP contribution in [-0.2, 0) is 4.74 Å². The van der Waals surface area contributed by atoms with Crippen LogP contribution < -0.4 is 10.1 Å². The van der Waals surface area contributed by atoms with E-state index < -0.39 is 0 Å². The Hall–Kier alpha value is -3.12. The number of benzene rings is 1. The zero-order valence-electron chi connectivity index (χ0n) is 17.6. The minimum Gasteiger partial charge on any atom is -0.489 e. The van der Waals surface area contributed by atoms with Gasteiger partial charge < -0.3 is 19.4 Å². The van der Waals surface area contributed by atoms with Gasteiger partial charge in [0.15, 0.2) is 0 Å². The van der Waals surface area contributed by atoms with Crippen molar-refractivity contribution < 1.29 is 14.3 Å². The topological polar surface area (TPSA) is 65.4 Å². The van der Waals surface area contributed by atoms with E-state index in [1.165, 1.54) is 0 Å². The summed E-state index contributed by atoms with van der Waals surface area (Å²) < 4.78 is 13.6. The van der Waals surface area contributed by atoms with Crippen molar-refractivity contribution in [3.05, 3.63) is 71.2 Å². The van der Waals surface area contributed by atoms with E-state index >= 15 is 0 Å². The summed E-state index contributed by atoms with van der Waals surface area (Å²) in [6.07, 6.45) is 3.94. The molecule has 1 amide bonds. The van der Waals surface area contributed by atoms with E-state index in [1.807, 2.05) is 67.8 Å². The molecule has 3 aromatic rings. The van der Waals surface area contributed by atoms with Crippen molar-refractivity contribution in [2.75, 3.05) is 18.5 Å². The normalized spacial score (nSPS) is 15.9. The fourth-order valence-corrected chi connectivity index (χ4v) is 3.83. The standard InChI is InChI=1S/C24H27N3O3/c1-16-9-10-21(22(13-16)30-15-19-7-6-12-29-19)26-24(28)20-14-17(2)27(18(20)3)23-8-4-5-11-25-23/h4-5,8-11,13-14,19H,6-7,12,15H2,1-3H3,(H,26,28). The second-order valence-corrected chi connectivity index (χ2v) is 7.71. The first kappa shape index (κ1) is 20.2. The van der Waals surface area contributed by atoms with Gasteiger partial charge in [-0.25, -0.2) is 4.98 Å². The molecule has 6 heteroatoms. The number of hydrogen-bond acceptors (Lipinski definition) is 4. The minimum absolute atomic E-state index is 0.117. The molecule has 1 N–H and O–H groups in total. The average Bonchev–Trinajstić information content (AvgIpc) is 3.36. The molecule has 1 unspecified atom stereocenters. The summed E-state index contributed by atoms with van der Waals surface area (Å²) in [4.78, 5) is 17.5. The van der Waals surface area contributed by atoms with E-state index in [0.29, 0.717) is 23.6 Å². The lowest BCUT2D eigenvalue weighted by molar-refractivity contribution is 0.0681. The molecule has 4 rings (SSSR count). The quantitative estimate of drug-likeness (QED) is 0.651. The maximum absolute atomic E-state index is 13.1. The van der Waals surface area contributed by atoms with Crippen molar-refractivity contribution in [3.63, 3.8) is 0 Å². The second-order valence-electron chi connectivity index (χ2n) is 7.71. The zero-order chi connectivity index (χ0) is 21.1. The third-order valence-electron chi connectivity index (χ3n) is 5.39. The Labute approximate surface area is 176 Å². The zero-order valence-corrected chi connectivity index (χ0v) is 17.6. The van der Waals surface area contributed by atoms with Crippen LogP contribution in [0, 0.1) is 20.8 Å². The van der Waals surface area contributed by atoms with E-state index in [2.05, 4.69) is 10.3 Å². The van der Waals surface area contributed by atoms with Gasteiger partial charge in [0.1, 0.15) is 18.2 Å². The first-order valence-electron chi connectivity index (χ1n) is 10.3.